The molecule has 0 saturated carbocycles. The Hall–Kier alpha value is -1.37. The van der Waals surface area contributed by atoms with Gasteiger partial charge in [-0.3, -0.25) is 4.99 Å². The maximum Gasteiger partial charge on any atom is 0.0698 e. The van der Waals surface area contributed by atoms with Crippen LogP contribution in [0.4, 0.5) is 0 Å². The smallest absolute Gasteiger partial charge is 0.0698 e. The number of rotatable bonds is 2. The number of nitrogens with zero attached hydrogens (tertiary/aromatic N) is 1. The standard InChI is InChI=1S/C11H13N/c1-3-7-10-8-5-6-9-11(10)12-4-2/h4-9H,2-3H2,1H3/b10-7-,12-11?. The van der Waals surface area contributed by atoms with E-state index in [2.05, 4.69) is 30.6 Å². The van der Waals surface area contributed by atoms with Gasteiger partial charge in [0.15, 0.2) is 0 Å². The zero-order valence-electron chi connectivity index (χ0n) is 7.33. The van der Waals surface area contributed by atoms with Crippen LogP contribution in [0, 0.1) is 0 Å². The van der Waals surface area contributed by atoms with Crippen LogP contribution in [0.1, 0.15) is 13.3 Å². The van der Waals surface area contributed by atoms with Gasteiger partial charge < -0.3 is 0 Å². The summed E-state index contributed by atoms with van der Waals surface area (Å²) in [5.74, 6) is 0. The van der Waals surface area contributed by atoms with Gasteiger partial charge in [0.2, 0.25) is 0 Å². The Labute approximate surface area is 73.5 Å². The summed E-state index contributed by atoms with van der Waals surface area (Å²) in [5.41, 5.74) is 2.18. The summed E-state index contributed by atoms with van der Waals surface area (Å²) in [6.45, 7) is 5.69. The normalized spacial score (nSPS) is 22.1. The van der Waals surface area contributed by atoms with Crippen LogP contribution in [-0.4, -0.2) is 5.71 Å². The highest BCUT2D eigenvalue weighted by molar-refractivity contribution is 6.11. The van der Waals surface area contributed by atoms with Gasteiger partial charge in [0.1, 0.15) is 0 Å². The Morgan fingerprint density at radius 3 is 2.83 bits per heavy atom. The first-order valence-corrected chi connectivity index (χ1v) is 4.12. The van der Waals surface area contributed by atoms with E-state index < -0.39 is 0 Å². The Bertz CT molecular complexity index is 277. The molecule has 0 amide bonds. The van der Waals surface area contributed by atoms with Crippen LogP contribution in [-0.2, 0) is 0 Å². The van der Waals surface area contributed by atoms with Gasteiger partial charge in [0.25, 0.3) is 0 Å². The molecule has 1 heteroatoms. The van der Waals surface area contributed by atoms with E-state index in [0.29, 0.717) is 0 Å². The van der Waals surface area contributed by atoms with Crippen LogP contribution in [0.25, 0.3) is 0 Å². The van der Waals surface area contributed by atoms with Crippen LogP contribution >= 0.6 is 0 Å². The second-order valence-electron chi connectivity index (χ2n) is 2.48. The monoisotopic (exact) mass is 159 g/mol. The zero-order chi connectivity index (χ0) is 8.81. The predicted octanol–water partition coefficient (Wildman–Crippen LogP) is 3.03. The van der Waals surface area contributed by atoms with E-state index in [-0.39, 0.29) is 0 Å². The van der Waals surface area contributed by atoms with Crippen LogP contribution in [0.5, 0.6) is 0 Å². The first kappa shape index (κ1) is 8.72. The maximum absolute atomic E-state index is 4.16. The summed E-state index contributed by atoms with van der Waals surface area (Å²) in [6.07, 6.45) is 12.8. The number of aliphatic imine (C=N–C) groups is 1. The largest absolute Gasteiger partial charge is 0.257 e. The quantitative estimate of drug-likeness (QED) is 0.587. The third-order valence-corrected chi connectivity index (χ3v) is 1.59. The van der Waals surface area contributed by atoms with Crippen molar-refractivity contribution in [3.8, 4) is 0 Å². The Kier molecular flexibility index (Phi) is 3.27. The van der Waals surface area contributed by atoms with Gasteiger partial charge >= 0.3 is 0 Å². The van der Waals surface area contributed by atoms with Crippen molar-refractivity contribution in [3.05, 3.63) is 48.7 Å². The van der Waals surface area contributed by atoms with Crippen molar-refractivity contribution < 1.29 is 0 Å². The fourth-order valence-corrected chi connectivity index (χ4v) is 1.10. The molecule has 0 radical (unpaired) electrons. The highest BCUT2D eigenvalue weighted by Gasteiger charge is 2.00. The van der Waals surface area contributed by atoms with E-state index in [0.717, 1.165) is 12.1 Å². The molecular weight excluding hydrogens is 146 g/mol. The van der Waals surface area contributed by atoms with E-state index in [4.69, 9.17) is 0 Å². The molecule has 1 aliphatic carbocycles. The molecule has 1 aliphatic rings. The summed E-state index contributed by atoms with van der Waals surface area (Å²) in [5, 5.41) is 0. The molecule has 0 aliphatic heterocycles. The molecule has 62 valence electrons. The van der Waals surface area contributed by atoms with Crippen LogP contribution in [0.15, 0.2) is 53.7 Å². The molecule has 0 spiro atoms. The van der Waals surface area contributed by atoms with Crippen molar-refractivity contribution in [1.82, 2.24) is 0 Å². The maximum atomic E-state index is 4.16. The molecule has 0 unspecified atom stereocenters. The Morgan fingerprint density at radius 1 is 1.42 bits per heavy atom. The zero-order valence-corrected chi connectivity index (χ0v) is 7.33. The molecule has 0 atom stereocenters. The minimum atomic E-state index is 0.995. The van der Waals surface area contributed by atoms with Gasteiger partial charge in [-0.25, -0.2) is 0 Å². The molecule has 0 aromatic carbocycles. The van der Waals surface area contributed by atoms with Crippen molar-refractivity contribution in [2.75, 3.05) is 0 Å². The lowest BCUT2D eigenvalue weighted by atomic mass is 10.0. The lowest BCUT2D eigenvalue weighted by Gasteiger charge is -2.04. The summed E-state index contributed by atoms with van der Waals surface area (Å²) < 4.78 is 0. The van der Waals surface area contributed by atoms with Gasteiger partial charge in [0.05, 0.1) is 5.71 Å². The average molecular weight is 159 g/mol. The van der Waals surface area contributed by atoms with Gasteiger partial charge in [-0.2, -0.15) is 0 Å². The molecule has 1 rings (SSSR count). The summed E-state index contributed by atoms with van der Waals surface area (Å²) in [6, 6.07) is 0. The molecule has 1 nitrogen and oxygen atoms in total. The molecule has 0 fully saturated rings. The van der Waals surface area contributed by atoms with Gasteiger partial charge in [0, 0.05) is 6.20 Å². The number of hydrogen-bond acceptors (Lipinski definition) is 1. The third kappa shape index (κ3) is 2.06. The van der Waals surface area contributed by atoms with Crippen molar-refractivity contribution in [3.63, 3.8) is 0 Å². The van der Waals surface area contributed by atoms with E-state index >= 15 is 0 Å². The molecule has 12 heavy (non-hydrogen) atoms. The van der Waals surface area contributed by atoms with Crippen LogP contribution in [0.3, 0.4) is 0 Å². The van der Waals surface area contributed by atoms with E-state index in [9.17, 15) is 0 Å². The second-order valence-corrected chi connectivity index (χ2v) is 2.48. The summed E-state index contributed by atoms with van der Waals surface area (Å²) >= 11 is 0. The van der Waals surface area contributed by atoms with Gasteiger partial charge in [-0.1, -0.05) is 37.8 Å². The molecule has 0 heterocycles. The highest BCUT2D eigenvalue weighted by atomic mass is 14.7. The lowest BCUT2D eigenvalue weighted by Crippen LogP contribution is -1.98. The van der Waals surface area contributed by atoms with E-state index in [1.54, 1.807) is 6.20 Å². The van der Waals surface area contributed by atoms with Crippen molar-refractivity contribution in [2.45, 2.75) is 13.3 Å². The Balaban J connectivity index is 2.92. The average Bonchev–Trinajstić information content (AvgIpc) is 2.09. The van der Waals surface area contributed by atoms with E-state index in [1.807, 2.05) is 18.2 Å². The Morgan fingerprint density at radius 2 is 2.17 bits per heavy atom. The molecular formula is C11H13N. The number of allylic oxidation sites excluding steroid dienone is 6. The summed E-state index contributed by atoms with van der Waals surface area (Å²) in [7, 11) is 0. The van der Waals surface area contributed by atoms with Crippen molar-refractivity contribution in [1.29, 1.82) is 0 Å². The molecule has 0 saturated heterocycles. The van der Waals surface area contributed by atoms with Gasteiger partial charge in [-0.05, 0) is 18.1 Å². The van der Waals surface area contributed by atoms with E-state index in [1.165, 1.54) is 5.57 Å². The fraction of sp³-hybridized carbons (Fsp3) is 0.182. The van der Waals surface area contributed by atoms with Crippen LogP contribution < -0.4 is 0 Å². The molecule has 0 N–H and O–H groups in total. The van der Waals surface area contributed by atoms with Crippen LogP contribution in [0.2, 0.25) is 0 Å². The predicted molar refractivity (Wildman–Crippen MR) is 54.3 cm³/mol. The third-order valence-electron chi connectivity index (χ3n) is 1.59. The minimum absolute atomic E-state index is 0.995. The molecule has 0 aromatic rings. The fourth-order valence-electron chi connectivity index (χ4n) is 1.10. The van der Waals surface area contributed by atoms with Gasteiger partial charge in [-0.15, -0.1) is 0 Å². The topological polar surface area (TPSA) is 12.4 Å². The highest BCUT2D eigenvalue weighted by Crippen LogP contribution is 2.09. The SMILES string of the molecule is C=CN=C1C=CC=C/C1=C/CC. The lowest BCUT2D eigenvalue weighted by molar-refractivity contribution is 1.21. The minimum Gasteiger partial charge on any atom is -0.257 e. The first-order chi connectivity index (χ1) is 5.88. The molecule has 0 bridgehead atoms. The van der Waals surface area contributed by atoms with Crippen molar-refractivity contribution >= 4 is 5.71 Å². The summed E-state index contributed by atoms with van der Waals surface area (Å²) in [4.78, 5) is 4.16. The second kappa shape index (κ2) is 4.50. The first-order valence-electron chi connectivity index (χ1n) is 4.12. The molecule has 0 aromatic heterocycles. The number of hydrogen-bond donors (Lipinski definition) is 0. The van der Waals surface area contributed by atoms with Crippen molar-refractivity contribution in [2.24, 2.45) is 4.99 Å².